The summed E-state index contributed by atoms with van der Waals surface area (Å²) in [5.41, 5.74) is 0.178. The van der Waals surface area contributed by atoms with Crippen LogP contribution < -0.4 is 0 Å². The molecule has 88 valence electrons. The third kappa shape index (κ3) is 3.43. The number of pyridine rings is 1. The highest BCUT2D eigenvalue weighted by molar-refractivity contribution is 7.91. The Labute approximate surface area is 102 Å². The summed E-state index contributed by atoms with van der Waals surface area (Å²) in [6.07, 6.45) is 2.58. The summed E-state index contributed by atoms with van der Waals surface area (Å²) >= 11 is 4.08. The maximum atomic E-state index is 13.4. The molecule has 0 radical (unpaired) electrons. The summed E-state index contributed by atoms with van der Waals surface area (Å²) in [4.78, 5) is 3.57. The van der Waals surface area contributed by atoms with Gasteiger partial charge in [0.1, 0.15) is 16.1 Å². The van der Waals surface area contributed by atoms with Crippen LogP contribution >= 0.6 is 11.6 Å². The number of halogens is 2. The molecule has 3 nitrogen and oxygen atoms in total. The van der Waals surface area contributed by atoms with E-state index in [2.05, 4.69) is 9.38 Å². The van der Waals surface area contributed by atoms with E-state index in [1.807, 2.05) is 0 Å². The molecule has 0 amide bonds. The number of hydrogen-bond acceptors (Lipinski definition) is 3. The van der Waals surface area contributed by atoms with Crippen molar-refractivity contribution in [3.63, 3.8) is 0 Å². The summed E-state index contributed by atoms with van der Waals surface area (Å²) in [7, 11) is 0. The molecule has 0 bridgehead atoms. The first-order valence-corrected chi connectivity index (χ1v) is 6.07. The van der Waals surface area contributed by atoms with Crippen molar-refractivity contribution in [1.82, 2.24) is 4.98 Å². The third-order valence-electron chi connectivity index (χ3n) is 1.69. The second kappa shape index (κ2) is 5.12. The van der Waals surface area contributed by atoms with Crippen molar-refractivity contribution in [1.29, 1.82) is 0 Å². The lowest BCUT2D eigenvalue weighted by molar-refractivity contribution is 0.561. The zero-order valence-electron chi connectivity index (χ0n) is 9.20. The average Bonchev–Trinajstić information content (AvgIpc) is 2.18. The quantitative estimate of drug-likeness (QED) is 0.467. The van der Waals surface area contributed by atoms with Crippen molar-refractivity contribution in [3.8, 4) is 0 Å². The first kappa shape index (κ1) is 13.4. The highest BCUT2D eigenvalue weighted by atomic mass is 35.5. The lowest BCUT2D eigenvalue weighted by Gasteiger charge is -2.17. The first-order chi connectivity index (χ1) is 7.32. The second-order valence-electron chi connectivity index (χ2n) is 4.10. The maximum absolute atomic E-state index is 13.4. The molecule has 0 aromatic carbocycles. The summed E-state index contributed by atoms with van der Waals surface area (Å²) < 4.78 is 28.3. The van der Waals surface area contributed by atoms with Gasteiger partial charge in [-0.3, -0.25) is 0 Å². The summed E-state index contributed by atoms with van der Waals surface area (Å²) in [6, 6.07) is 1.42. The molecule has 0 aliphatic rings. The largest absolute Gasteiger partial charge is 0.591 e. The van der Waals surface area contributed by atoms with Gasteiger partial charge in [-0.2, -0.15) is 0 Å². The Kier molecular flexibility index (Phi) is 4.29. The van der Waals surface area contributed by atoms with Crippen molar-refractivity contribution in [2.75, 3.05) is 0 Å². The molecule has 0 fully saturated rings. The van der Waals surface area contributed by atoms with Gasteiger partial charge in [0.15, 0.2) is 11.0 Å². The summed E-state index contributed by atoms with van der Waals surface area (Å²) in [6.45, 7) is 5.36. The molecule has 0 aliphatic carbocycles. The van der Waals surface area contributed by atoms with Crippen molar-refractivity contribution >= 4 is 29.2 Å². The van der Waals surface area contributed by atoms with E-state index in [-0.39, 0.29) is 10.7 Å². The molecule has 0 saturated heterocycles. The predicted molar refractivity (Wildman–Crippen MR) is 64.7 cm³/mol. The van der Waals surface area contributed by atoms with E-state index in [4.69, 9.17) is 11.6 Å². The molecule has 1 rings (SSSR count). The normalized spacial score (nSPS) is 14.4. The zero-order chi connectivity index (χ0) is 12.3. The fourth-order valence-corrected chi connectivity index (χ4v) is 1.49. The Balaban J connectivity index is 2.89. The Morgan fingerprint density at radius 1 is 1.56 bits per heavy atom. The van der Waals surface area contributed by atoms with E-state index in [1.54, 1.807) is 20.8 Å². The molecule has 0 N–H and O–H groups in total. The first-order valence-electron chi connectivity index (χ1n) is 4.58. The van der Waals surface area contributed by atoms with Gasteiger partial charge in [0.2, 0.25) is 0 Å². The van der Waals surface area contributed by atoms with Crippen LogP contribution in [0.3, 0.4) is 0 Å². The van der Waals surface area contributed by atoms with Crippen LogP contribution in [-0.4, -0.2) is 20.5 Å². The molecule has 0 aliphatic heterocycles. The lowest BCUT2D eigenvalue weighted by Crippen LogP contribution is -2.25. The van der Waals surface area contributed by atoms with Crippen molar-refractivity contribution in [2.45, 2.75) is 25.5 Å². The Hall–Kier alpha value is -0.650. The molecule has 0 saturated carbocycles. The van der Waals surface area contributed by atoms with Crippen molar-refractivity contribution in [2.24, 2.45) is 4.40 Å². The summed E-state index contributed by atoms with van der Waals surface area (Å²) in [5, 5.41) is -0.217. The van der Waals surface area contributed by atoms with E-state index in [0.717, 1.165) is 0 Å². The van der Waals surface area contributed by atoms with Gasteiger partial charge in [-0.25, -0.2) is 9.37 Å². The van der Waals surface area contributed by atoms with Crippen LogP contribution in [0.5, 0.6) is 0 Å². The third-order valence-corrected chi connectivity index (χ3v) is 3.30. The monoisotopic (exact) mass is 262 g/mol. The van der Waals surface area contributed by atoms with Gasteiger partial charge in [0.05, 0.1) is 6.21 Å². The zero-order valence-corrected chi connectivity index (χ0v) is 10.8. The fraction of sp³-hybridized carbons (Fsp3) is 0.400. The second-order valence-corrected chi connectivity index (χ2v) is 6.39. The molecular formula is C10H12ClFN2OS. The molecule has 1 aromatic rings. The van der Waals surface area contributed by atoms with E-state index >= 15 is 0 Å². The molecule has 16 heavy (non-hydrogen) atoms. The van der Waals surface area contributed by atoms with E-state index < -0.39 is 21.9 Å². The predicted octanol–water partition coefficient (Wildman–Crippen LogP) is 2.76. The van der Waals surface area contributed by atoms with Crippen LogP contribution in [0.25, 0.3) is 0 Å². The van der Waals surface area contributed by atoms with Gasteiger partial charge in [0, 0.05) is 11.8 Å². The molecule has 1 heterocycles. The maximum Gasteiger partial charge on any atom is 0.169 e. The van der Waals surface area contributed by atoms with Crippen LogP contribution in [0.1, 0.15) is 26.3 Å². The smallest absolute Gasteiger partial charge is 0.169 e. The van der Waals surface area contributed by atoms with Crippen LogP contribution in [0.2, 0.25) is 5.15 Å². The Morgan fingerprint density at radius 2 is 2.19 bits per heavy atom. The number of hydrogen-bond donors (Lipinski definition) is 0. The van der Waals surface area contributed by atoms with E-state index in [9.17, 15) is 8.94 Å². The van der Waals surface area contributed by atoms with Crippen molar-refractivity contribution < 1.29 is 8.94 Å². The highest BCUT2D eigenvalue weighted by Crippen LogP contribution is 2.18. The minimum Gasteiger partial charge on any atom is -0.591 e. The van der Waals surface area contributed by atoms with Crippen molar-refractivity contribution in [3.05, 3.63) is 28.8 Å². The molecule has 1 aromatic heterocycles. The topological polar surface area (TPSA) is 48.3 Å². The summed E-state index contributed by atoms with van der Waals surface area (Å²) in [5.74, 6) is -0.654. The van der Waals surface area contributed by atoms with Gasteiger partial charge in [-0.05, 0) is 26.8 Å². The molecule has 1 atom stereocenters. The average molecular weight is 263 g/mol. The molecular weight excluding hydrogens is 251 g/mol. The minimum absolute atomic E-state index is 0.178. The lowest BCUT2D eigenvalue weighted by atomic mass is 10.3. The minimum atomic E-state index is -1.41. The SMILES string of the molecule is CC(C)(C)[S@@+]([O-])N=Cc1ccnc(Cl)c1F. The highest BCUT2D eigenvalue weighted by Gasteiger charge is 2.25. The van der Waals surface area contributed by atoms with Gasteiger partial charge >= 0.3 is 0 Å². The molecule has 0 spiro atoms. The van der Waals surface area contributed by atoms with Gasteiger partial charge in [-0.15, -0.1) is 0 Å². The Morgan fingerprint density at radius 3 is 2.75 bits per heavy atom. The number of aromatic nitrogens is 1. The number of nitrogens with zero attached hydrogens (tertiary/aromatic N) is 2. The fourth-order valence-electron chi connectivity index (χ4n) is 0.794. The van der Waals surface area contributed by atoms with Crippen LogP contribution in [0, 0.1) is 5.82 Å². The van der Waals surface area contributed by atoms with Gasteiger partial charge < -0.3 is 4.55 Å². The Bertz CT molecular complexity index is 406. The van der Waals surface area contributed by atoms with Crippen LogP contribution in [-0.2, 0) is 11.4 Å². The van der Waals surface area contributed by atoms with Crippen LogP contribution in [0.4, 0.5) is 4.39 Å². The molecule has 6 heteroatoms. The van der Waals surface area contributed by atoms with Crippen LogP contribution in [0.15, 0.2) is 16.7 Å². The van der Waals surface area contributed by atoms with Gasteiger partial charge in [0.25, 0.3) is 0 Å². The number of rotatable bonds is 2. The molecule has 0 unspecified atom stereocenters. The standard InChI is InChI=1S/C10H12ClFN2OS/c1-10(2,3)16(15)14-6-7-4-5-13-9(11)8(7)12/h4-6H,1-3H3/t16-/m1/s1. The van der Waals surface area contributed by atoms with Gasteiger partial charge in [-0.1, -0.05) is 16.0 Å². The van der Waals surface area contributed by atoms with E-state index in [1.165, 1.54) is 18.5 Å². The van der Waals surface area contributed by atoms with E-state index in [0.29, 0.717) is 0 Å².